The van der Waals surface area contributed by atoms with Crippen molar-refractivity contribution in [2.75, 3.05) is 20.2 Å². The summed E-state index contributed by atoms with van der Waals surface area (Å²) in [5.41, 5.74) is -1.39. The van der Waals surface area contributed by atoms with Crippen LogP contribution in [0.5, 0.6) is 0 Å². The fourth-order valence-electron chi connectivity index (χ4n) is 2.29. The van der Waals surface area contributed by atoms with Gasteiger partial charge in [0, 0.05) is 40.5 Å². The molecule has 1 aromatic rings. The van der Waals surface area contributed by atoms with Crippen molar-refractivity contribution in [3.8, 4) is 0 Å². The molecule has 0 bridgehead atoms. The number of aryl methyl sites for hydroxylation is 1. The summed E-state index contributed by atoms with van der Waals surface area (Å²) in [6.45, 7) is 0.814. The number of sulfonamides is 1. The van der Waals surface area contributed by atoms with Crippen molar-refractivity contribution in [2.45, 2.75) is 23.8 Å². The molecule has 0 saturated carbocycles. The average Bonchev–Trinajstić information content (AvgIpc) is 2.93. The molecule has 9 heteroatoms. The number of nitrogens with zero attached hydrogens (tertiary/aromatic N) is 3. The highest BCUT2D eigenvalue weighted by atomic mass is 32.2. The van der Waals surface area contributed by atoms with Crippen LogP contribution in [-0.2, 0) is 28.9 Å². The lowest BCUT2D eigenvalue weighted by molar-refractivity contribution is 0.0978. The molecule has 0 unspecified atom stereocenters. The molecule has 21 heavy (non-hydrogen) atoms. The van der Waals surface area contributed by atoms with Gasteiger partial charge < -0.3 is 9.30 Å². The van der Waals surface area contributed by atoms with Crippen molar-refractivity contribution in [3.63, 3.8) is 0 Å². The van der Waals surface area contributed by atoms with Crippen molar-refractivity contribution in [2.24, 2.45) is 14.1 Å². The van der Waals surface area contributed by atoms with Crippen LogP contribution in [0.3, 0.4) is 0 Å². The van der Waals surface area contributed by atoms with Crippen molar-refractivity contribution in [3.05, 3.63) is 27.0 Å². The lowest BCUT2D eigenvalue weighted by atomic mass is 10.2. The molecular weight excluding hydrogens is 298 g/mol. The summed E-state index contributed by atoms with van der Waals surface area (Å²) in [5, 5.41) is 0. The Labute approximate surface area is 122 Å². The van der Waals surface area contributed by atoms with Crippen LogP contribution in [0.4, 0.5) is 0 Å². The van der Waals surface area contributed by atoms with Crippen LogP contribution in [0, 0.1) is 0 Å². The van der Waals surface area contributed by atoms with E-state index >= 15 is 0 Å². The van der Waals surface area contributed by atoms with Crippen LogP contribution in [0.25, 0.3) is 0 Å². The van der Waals surface area contributed by atoms with Crippen molar-refractivity contribution >= 4 is 10.0 Å². The highest BCUT2D eigenvalue weighted by Gasteiger charge is 2.29. The Kier molecular flexibility index (Phi) is 4.35. The molecule has 0 aromatic carbocycles. The Hall–Kier alpha value is -1.45. The van der Waals surface area contributed by atoms with Gasteiger partial charge in [0.25, 0.3) is 5.56 Å². The summed E-state index contributed by atoms with van der Waals surface area (Å²) < 4.78 is 33.4. The number of likely N-dealkylation sites (N-methyl/N-ethyl adjacent to an activating group) is 1. The Bertz CT molecular complexity index is 743. The number of aromatic nitrogens is 2. The highest BCUT2D eigenvalue weighted by molar-refractivity contribution is 7.89. The second-order valence-electron chi connectivity index (χ2n) is 5.17. The lowest BCUT2D eigenvalue weighted by Crippen LogP contribution is -2.43. The zero-order valence-corrected chi connectivity index (χ0v) is 13.1. The zero-order valence-electron chi connectivity index (χ0n) is 12.3. The summed E-state index contributed by atoms with van der Waals surface area (Å²) in [6.07, 6.45) is 2.61. The predicted molar refractivity (Wildman–Crippen MR) is 75.7 cm³/mol. The predicted octanol–water partition coefficient (Wildman–Crippen LogP) is -1.12. The molecule has 1 fully saturated rings. The van der Waals surface area contributed by atoms with E-state index in [1.54, 1.807) is 0 Å². The third-order valence-corrected chi connectivity index (χ3v) is 5.39. The van der Waals surface area contributed by atoms with Gasteiger partial charge >= 0.3 is 5.69 Å². The third kappa shape index (κ3) is 2.94. The van der Waals surface area contributed by atoms with Crippen molar-refractivity contribution in [1.29, 1.82) is 0 Å². The van der Waals surface area contributed by atoms with E-state index in [0.717, 1.165) is 32.5 Å². The maximum atomic E-state index is 12.5. The number of ether oxygens (including phenoxy) is 1. The van der Waals surface area contributed by atoms with Gasteiger partial charge in [0.1, 0.15) is 0 Å². The van der Waals surface area contributed by atoms with Crippen molar-refractivity contribution < 1.29 is 13.2 Å². The quantitative estimate of drug-likeness (QED) is 0.702. The van der Waals surface area contributed by atoms with Gasteiger partial charge in [-0.1, -0.05) is 0 Å². The van der Waals surface area contributed by atoms with Gasteiger partial charge in [-0.15, -0.1) is 0 Å². The summed E-state index contributed by atoms with van der Waals surface area (Å²) >= 11 is 0. The molecule has 0 N–H and O–H groups in total. The minimum atomic E-state index is -3.96. The summed E-state index contributed by atoms with van der Waals surface area (Å²) in [7, 11) is 0.103. The molecule has 0 aliphatic carbocycles. The fourth-order valence-corrected chi connectivity index (χ4v) is 3.64. The first-order valence-corrected chi connectivity index (χ1v) is 8.03. The monoisotopic (exact) mass is 317 g/mol. The van der Waals surface area contributed by atoms with Gasteiger partial charge in [-0.05, 0) is 12.8 Å². The molecule has 1 atom stereocenters. The molecular formula is C12H19N3O5S. The maximum Gasteiger partial charge on any atom is 0.330 e. The van der Waals surface area contributed by atoms with Crippen LogP contribution in [0.1, 0.15) is 12.8 Å². The first-order chi connectivity index (χ1) is 9.75. The summed E-state index contributed by atoms with van der Waals surface area (Å²) in [5.74, 6) is 0. The molecule has 0 radical (unpaired) electrons. The van der Waals surface area contributed by atoms with E-state index in [1.807, 2.05) is 0 Å². The Morgan fingerprint density at radius 3 is 2.62 bits per heavy atom. The van der Waals surface area contributed by atoms with Crippen LogP contribution in [0.15, 0.2) is 20.7 Å². The number of hydrogen-bond donors (Lipinski definition) is 0. The average molecular weight is 317 g/mol. The van der Waals surface area contributed by atoms with Crippen molar-refractivity contribution in [1.82, 2.24) is 13.4 Å². The van der Waals surface area contributed by atoms with E-state index in [2.05, 4.69) is 0 Å². The Morgan fingerprint density at radius 1 is 1.38 bits per heavy atom. The maximum absolute atomic E-state index is 12.5. The Morgan fingerprint density at radius 2 is 2.05 bits per heavy atom. The van der Waals surface area contributed by atoms with Gasteiger partial charge in [0.2, 0.25) is 10.0 Å². The highest BCUT2D eigenvalue weighted by Crippen LogP contribution is 2.16. The topological polar surface area (TPSA) is 90.6 Å². The zero-order chi connectivity index (χ0) is 15.8. The second-order valence-corrected chi connectivity index (χ2v) is 7.18. The molecule has 8 nitrogen and oxygen atoms in total. The molecule has 2 rings (SSSR count). The minimum Gasteiger partial charge on any atom is -0.377 e. The summed E-state index contributed by atoms with van der Waals surface area (Å²) in [4.78, 5) is 23.2. The summed E-state index contributed by atoms with van der Waals surface area (Å²) in [6, 6.07) is 0. The lowest BCUT2D eigenvalue weighted by Gasteiger charge is -2.20. The molecule has 1 aromatic heterocycles. The van der Waals surface area contributed by atoms with Crippen LogP contribution >= 0.6 is 0 Å². The Balaban J connectivity index is 2.39. The molecule has 1 saturated heterocycles. The molecule has 1 aliphatic heterocycles. The first kappa shape index (κ1) is 15.9. The van der Waals surface area contributed by atoms with E-state index in [9.17, 15) is 18.0 Å². The molecule has 2 heterocycles. The normalized spacial score (nSPS) is 19.3. The van der Waals surface area contributed by atoms with E-state index in [1.165, 1.54) is 21.1 Å². The van der Waals surface area contributed by atoms with Crippen LogP contribution in [0.2, 0.25) is 0 Å². The molecule has 118 valence electrons. The minimum absolute atomic E-state index is 0.152. The van der Waals surface area contributed by atoms with Gasteiger partial charge in [-0.25, -0.2) is 13.2 Å². The van der Waals surface area contributed by atoms with Crippen LogP contribution in [-0.4, -0.2) is 48.2 Å². The van der Waals surface area contributed by atoms with E-state index in [-0.39, 0.29) is 12.6 Å². The molecule has 1 aliphatic rings. The van der Waals surface area contributed by atoms with Gasteiger partial charge in [0.15, 0.2) is 4.90 Å². The van der Waals surface area contributed by atoms with E-state index in [4.69, 9.17) is 4.74 Å². The largest absolute Gasteiger partial charge is 0.377 e. The first-order valence-electron chi connectivity index (χ1n) is 6.59. The molecule has 0 amide bonds. The van der Waals surface area contributed by atoms with Gasteiger partial charge in [0.05, 0.1) is 6.10 Å². The SMILES string of the molecule is CN(C[C@@H]1CCCO1)S(=O)(=O)c1cn(C)c(=O)n(C)c1=O. The van der Waals surface area contributed by atoms with Crippen LogP contribution < -0.4 is 11.2 Å². The number of hydrogen-bond acceptors (Lipinski definition) is 5. The van der Waals surface area contributed by atoms with E-state index < -0.39 is 26.2 Å². The van der Waals surface area contributed by atoms with Gasteiger partial charge in [-0.3, -0.25) is 9.36 Å². The second kappa shape index (κ2) is 5.74. The fraction of sp³-hybridized carbons (Fsp3) is 0.667. The van der Waals surface area contributed by atoms with E-state index in [0.29, 0.717) is 6.61 Å². The third-order valence-electron chi connectivity index (χ3n) is 3.59. The number of rotatable bonds is 4. The van der Waals surface area contributed by atoms with Gasteiger partial charge in [-0.2, -0.15) is 4.31 Å². The molecule has 0 spiro atoms. The smallest absolute Gasteiger partial charge is 0.330 e. The standard InChI is InChI=1S/C12H19N3O5S/c1-13-8-10(11(16)15(3)12(13)17)21(18,19)14(2)7-9-5-4-6-20-9/h8-9H,4-7H2,1-3H3/t9-/m0/s1.